The van der Waals surface area contributed by atoms with Crippen molar-refractivity contribution in [1.29, 1.82) is 0 Å². The molecule has 21 heavy (non-hydrogen) atoms. The third kappa shape index (κ3) is 3.35. The maximum atomic E-state index is 14.1. The molecule has 0 radical (unpaired) electrons. The Morgan fingerprint density at radius 2 is 1.76 bits per heavy atom. The molecule has 0 aliphatic heterocycles. The minimum atomic E-state index is -0.457. The summed E-state index contributed by atoms with van der Waals surface area (Å²) in [5.41, 5.74) is 9.06. The minimum Gasteiger partial charge on any atom is -0.320 e. The van der Waals surface area contributed by atoms with Gasteiger partial charge in [0.1, 0.15) is 5.82 Å². The Morgan fingerprint density at radius 3 is 2.33 bits per heavy atom. The molecule has 0 fully saturated rings. The van der Waals surface area contributed by atoms with Crippen molar-refractivity contribution in [3.63, 3.8) is 0 Å². The molecule has 2 aromatic carbocycles. The first kappa shape index (κ1) is 16.2. The van der Waals surface area contributed by atoms with E-state index >= 15 is 0 Å². The standard InChI is InChI=1S/C18H21BrFN/c1-4-18(2,3)13-10-8-12(9-11-13)17(21)14-6-5-7-15(19)16(14)20/h5-11,17H,4,21H2,1-3H3. The highest BCUT2D eigenvalue weighted by atomic mass is 79.9. The second-order valence-corrected chi connectivity index (χ2v) is 6.83. The summed E-state index contributed by atoms with van der Waals surface area (Å²) in [5, 5.41) is 0. The summed E-state index contributed by atoms with van der Waals surface area (Å²) in [7, 11) is 0. The highest BCUT2D eigenvalue weighted by molar-refractivity contribution is 9.10. The Bertz CT molecular complexity index is 620. The molecule has 0 spiro atoms. The molecule has 112 valence electrons. The molecular weight excluding hydrogens is 329 g/mol. The number of nitrogens with two attached hydrogens (primary N) is 1. The van der Waals surface area contributed by atoms with E-state index in [0.717, 1.165) is 12.0 Å². The fourth-order valence-corrected chi connectivity index (χ4v) is 2.67. The summed E-state index contributed by atoms with van der Waals surface area (Å²) < 4.78 is 14.6. The van der Waals surface area contributed by atoms with Crippen molar-refractivity contribution < 1.29 is 4.39 Å². The molecule has 1 unspecified atom stereocenters. The van der Waals surface area contributed by atoms with Crippen LogP contribution in [0.4, 0.5) is 4.39 Å². The smallest absolute Gasteiger partial charge is 0.142 e. The highest BCUT2D eigenvalue weighted by Gasteiger charge is 2.19. The van der Waals surface area contributed by atoms with E-state index in [9.17, 15) is 4.39 Å². The fourth-order valence-electron chi connectivity index (χ4n) is 2.29. The Balaban J connectivity index is 2.32. The second-order valence-electron chi connectivity index (χ2n) is 5.98. The predicted octanol–water partition coefficient (Wildman–Crippen LogP) is 5.32. The lowest BCUT2D eigenvalue weighted by Gasteiger charge is -2.24. The molecule has 0 amide bonds. The van der Waals surface area contributed by atoms with Gasteiger partial charge >= 0.3 is 0 Å². The SMILES string of the molecule is CCC(C)(C)c1ccc(C(N)c2cccc(Br)c2F)cc1. The van der Waals surface area contributed by atoms with Gasteiger partial charge in [0.25, 0.3) is 0 Å². The van der Waals surface area contributed by atoms with Crippen LogP contribution in [-0.4, -0.2) is 0 Å². The van der Waals surface area contributed by atoms with E-state index in [-0.39, 0.29) is 11.2 Å². The Kier molecular flexibility index (Phi) is 4.84. The van der Waals surface area contributed by atoms with Crippen LogP contribution < -0.4 is 5.73 Å². The Labute approximate surface area is 134 Å². The van der Waals surface area contributed by atoms with E-state index < -0.39 is 6.04 Å². The van der Waals surface area contributed by atoms with Crippen LogP contribution in [0.3, 0.4) is 0 Å². The summed E-state index contributed by atoms with van der Waals surface area (Å²) >= 11 is 3.20. The van der Waals surface area contributed by atoms with Gasteiger partial charge < -0.3 is 5.73 Å². The quantitative estimate of drug-likeness (QED) is 0.793. The van der Waals surface area contributed by atoms with Crippen LogP contribution in [0.25, 0.3) is 0 Å². The van der Waals surface area contributed by atoms with Crippen LogP contribution in [0.2, 0.25) is 0 Å². The van der Waals surface area contributed by atoms with Gasteiger partial charge in [-0.15, -0.1) is 0 Å². The largest absolute Gasteiger partial charge is 0.320 e. The van der Waals surface area contributed by atoms with E-state index in [1.165, 1.54) is 5.56 Å². The van der Waals surface area contributed by atoms with Crippen molar-refractivity contribution in [2.45, 2.75) is 38.6 Å². The first-order valence-electron chi connectivity index (χ1n) is 7.16. The molecule has 0 aromatic heterocycles. The summed E-state index contributed by atoms with van der Waals surface area (Å²) in [5.74, 6) is -0.289. The molecule has 0 aliphatic rings. The molecular formula is C18H21BrFN. The van der Waals surface area contributed by atoms with Crippen molar-refractivity contribution in [1.82, 2.24) is 0 Å². The summed E-state index contributed by atoms with van der Waals surface area (Å²) in [6.07, 6.45) is 1.07. The van der Waals surface area contributed by atoms with Gasteiger partial charge in [-0.1, -0.05) is 57.2 Å². The Hall–Kier alpha value is -1.19. The first-order valence-corrected chi connectivity index (χ1v) is 7.96. The topological polar surface area (TPSA) is 26.0 Å². The monoisotopic (exact) mass is 349 g/mol. The van der Waals surface area contributed by atoms with Gasteiger partial charge in [-0.05, 0) is 45.0 Å². The van der Waals surface area contributed by atoms with Crippen molar-refractivity contribution in [3.05, 3.63) is 69.4 Å². The van der Waals surface area contributed by atoms with Crippen LogP contribution in [0, 0.1) is 5.82 Å². The third-order valence-electron chi connectivity index (χ3n) is 4.25. The van der Waals surface area contributed by atoms with Crippen LogP contribution in [0.1, 0.15) is 49.9 Å². The molecule has 0 heterocycles. The molecule has 2 N–H and O–H groups in total. The van der Waals surface area contributed by atoms with E-state index in [1.54, 1.807) is 18.2 Å². The lowest BCUT2D eigenvalue weighted by atomic mass is 9.81. The molecule has 0 saturated carbocycles. The van der Waals surface area contributed by atoms with Crippen molar-refractivity contribution in [2.24, 2.45) is 5.73 Å². The summed E-state index contributed by atoms with van der Waals surface area (Å²) in [6, 6.07) is 12.9. The zero-order chi connectivity index (χ0) is 15.6. The van der Waals surface area contributed by atoms with Gasteiger partial charge in [0, 0.05) is 5.56 Å². The van der Waals surface area contributed by atoms with Crippen LogP contribution in [0.15, 0.2) is 46.9 Å². The fraction of sp³-hybridized carbons (Fsp3) is 0.333. The third-order valence-corrected chi connectivity index (χ3v) is 4.86. The zero-order valence-corrected chi connectivity index (χ0v) is 14.2. The number of benzene rings is 2. The maximum Gasteiger partial charge on any atom is 0.142 e. The van der Waals surface area contributed by atoms with Gasteiger partial charge in [-0.2, -0.15) is 0 Å². The van der Waals surface area contributed by atoms with Crippen molar-refractivity contribution in [3.8, 4) is 0 Å². The van der Waals surface area contributed by atoms with Crippen LogP contribution in [0.5, 0.6) is 0 Å². The molecule has 1 atom stereocenters. The molecule has 2 aromatic rings. The average molecular weight is 350 g/mol. The summed E-state index contributed by atoms with van der Waals surface area (Å²) in [4.78, 5) is 0. The van der Waals surface area contributed by atoms with E-state index in [0.29, 0.717) is 10.0 Å². The first-order chi connectivity index (χ1) is 9.86. The molecule has 2 rings (SSSR count). The zero-order valence-electron chi connectivity index (χ0n) is 12.7. The Morgan fingerprint density at radius 1 is 1.14 bits per heavy atom. The van der Waals surface area contributed by atoms with Crippen molar-refractivity contribution >= 4 is 15.9 Å². The average Bonchev–Trinajstić information content (AvgIpc) is 2.49. The molecule has 0 aliphatic carbocycles. The highest BCUT2D eigenvalue weighted by Crippen LogP contribution is 2.30. The van der Waals surface area contributed by atoms with Gasteiger partial charge in [-0.25, -0.2) is 4.39 Å². The number of rotatable bonds is 4. The van der Waals surface area contributed by atoms with Gasteiger partial charge in [0.15, 0.2) is 0 Å². The van der Waals surface area contributed by atoms with Crippen LogP contribution >= 0.6 is 15.9 Å². The number of hydrogen-bond donors (Lipinski definition) is 1. The maximum absolute atomic E-state index is 14.1. The number of halogens is 2. The molecule has 0 bridgehead atoms. The van der Waals surface area contributed by atoms with E-state index in [2.05, 4.69) is 48.8 Å². The predicted molar refractivity (Wildman–Crippen MR) is 89.9 cm³/mol. The molecule has 0 saturated heterocycles. The van der Waals surface area contributed by atoms with Gasteiger partial charge in [0.2, 0.25) is 0 Å². The van der Waals surface area contributed by atoms with Crippen LogP contribution in [-0.2, 0) is 5.41 Å². The van der Waals surface area contributed by atoms with E-state index in [4.69, 9.17) is 5.73 Å². The number of hydrogen-bond acceptors (Lipinski definition) is 1. The minimum absolute atomic E-state index is 0.143. The normalized spacial score (nSPS) is 13.2. The molecule has 3 heteroatoms. The van der Waals surface area contributed by atoms with Gasteiger partial charge in [-0.3, -0.25) is 0 Å². The lowest BCUT2D eigenvalue weighted by molar-refractivity contribution is 0.506. The molecule has 1 nitrogen and oxygen atoms in total. The van der Waals surface area contributed by atoms with Gasteiger partial charge in [0.05, 0.1) is 10.5 Å². The summed E-state index contributed by atoms with van der Waals surface area (Å²) in [6.45, 7) is 6.61. The lowest BCUT2D eigenvalue weighted by Crippen LogP contribution is -2.17. The van der Waals surface area contributed by atoms with Crippen molar-refractivity contribution in [2.75, 3.05) is 0 Å². The van der Waals surface area contributed by atoms with E-state index in [1.807, 2.05) is 12.1 Å². The second kappa shape index (κ2) is 6.29.